The zero-order valence-electron chi connectivity index (χ0n) is 9.72. The van der Waals surface area contributed by atoms with Crippen molar-refractivity contribution in [2.45, 2.75) is 4.90 Å². The quantitative estimate of drug-likeness (QED) is 0.403. The first kappa shape index (κ1) is 14.4. The first-order valence-electron chi connectivity index (χ1n) is 5.17. The molecule has 0 unspecified atom stereocenters. The van der Waals surface area contributed by atoms with E-state index >= 15 is 0 Å². The average molecular weight is 315 g/mol. The van der Waals surface area contributed by atoms with Crippen molar-refractivity contribution in [1.29, 1.82) is 0 Å². The number of nitro groups is 1. The number of non-ortho nitro benzene ring substituents is 1. The van der Waals surface area contributed by atoms with E-state index in [9.17, 15) is 23.1 Å². The van der Waals surface area contributed by atoms with Crippen LogP contribution in [0.25, 0.3) is 11.1 Å². The lowest BCUT2D eigenvalue weighted by Gasteiger charge is -2.08. The molecule has 0 aliphatic carbocycles. The third-order valence-corrected chi connectivity index (χ3v) is 3.84. The van der Waals surface area contributed by atoms with Gasteiger partial charge < -0.3 is 0 Å². The number of nitro benzene ring substituents is 1. The van der Waals surface area contributed by atoms with Gasteiger partial charge in [-0.25, -0.2) is 4.98 Å². The molecule has 1 heterocycles. The fourth-order valence-corrected chi connectivity index (χ4v) is 2.84. The van der Waals surface area contributed by atoms with Crippen LogP contribution < -0.4 is 0 Å². The number of rotatable bonds is 3. The lowest BCUT2D eigenvalue weighted by Crippen LogP contribution is -2.03. The molecule has 0 bridgehead atoms. The van der Waals surface area contributed by atoms with Crippen LogP contribution in [0.2, 0.25) is 5.15 Å². The minimum Gasteiger partial charge on any atom is -0.282 e. The third kappa shape index (κ3) is 2.77. The van der Waals surface area contributed by atoms with Crippen LogP contribution in [-0.4, -0.2) is 22.9 Å². The topological polar surface area (TPSA) is 110 Å². The van der Waals surface area contributed by atoms with E-state index in [2.05, 4.69) is 4.98 Å². The predicted octanol–water partition coefficient (Wildman–Crippen LogP) is 2.56. The predicted molar refractivity (Wildman–Crippen MR) is 71.2 cm³/mol. The van der Waals surface area contributed by atoms with E-state index in [0.29, 0.717) is 5.56 Å². The molecular weight excluding hydrogens is 308 g/mol. The number of aromatic nitrogens is 1. The van der Waals surface area contributed by atoms with Crippen molar-refractivity contribution >= 4 is 27.4 Å². The SMILES string of the molecule is O=[N+]([O-])c1ccc(-c2ccnc(Cl)c2S(=O)(=O)O)cc1. The highest BCUT2D eigenvalue weighted by Gasteiger charge is 2.21. The molecule has 2 rings (SSSR count). The highest BCUT2D eigenvalue weighted by atomic mass is 35.5. The summed E-state index contributed by atoms with van der Waals surface area (Å²) in [7, 11) is -4.57. The zero-order chi connectivity index (χ0) is 14.9. The van der Waals surface area contributed by atoms with E-state index < -0.39 is 19.9 Å². The van der Waals surface area contributed by atoms with Gasteiger partial charge in [0.25, 0.3) is 15.8 Å². The van der Waals surface area contributed by atoms with Gasteiger partial charge in [-0.05, 0) is 23.8 Å². The second-order valence-electron chi connectivity index (χ2n) is 3.76. The highest BCUT2D eigenvalue weighted by molar-refractivity contribution is 7.86. The fraction of sp³-hybridized carbons (Fsp3) is 0. The second-order valence-corrected chi connectivity index (χ2v) is 5.47. The summed E-state index contributed by atoms with van der Waals surface area (Å²) in [6.07, 6.45) is 1.27. The molecule has 0 aliphatic rings. The van der Waals surface area contributed by atoms with Crippen molar-refractivity contribution in [2.75, 3.05) is 0 Å². The molecule has 2 aromatic rings. The van der Waals surface area contributed by atoms with Crippen LogP contribution in [-0.2, 0) is 10.1 Å². The molecule has 1 aromatic heterocycles. The molecule has 0 radical (unpaired) electrons. The molecule has 0 saturated carbocycles. The first-order valence-corrected chi connectivity index (χ1v) is 6.99. The van der Waals surface area contributed by atoms with Crippen molar-refractivity contribution in [3.8, 4) is 11.1 Å². The lowest BCUT2D eigenvalue weighted by atomic mass is 10.1. The number of pyridine rings is 1. The van der Waals surface area contributed by atoms with E-state index in [1.54, 1.807) is 0 Å². The average Bonchev–Trinajstić information content (AvgIpc) is 2.37. The largest absolute Gasteiger partial charge is 0.298 e. The zero-order valence-corrected chi connectivity index (χ0v) is 11.3. The van der Waals surface area contributed by atoms with Crippen LogP contribution in [0.3, 0.4) is 0 Å². The van der Waals surface area contributed by atoms with Crippen molar-refractivity contribution in [3.05, 3.63) is 51.8 Å². The van der Waals surface area contributed by atoms with E-state index in [1.807, 2.05) is 0 Å². The maximum absolute atomic E-state index is 11.3. The molecule has 1 N–H and O–H groups in total. The molecule has 104 valence electrons. The van der Waals surface area contributed by atoms with Gasteiger partial charge in [0.1, 0.15) is 4.90 Å². The van der Waals surface area contributed by atoms with Crippen LogP contribution in [0.1, 0.15) is 0 Å². The van der Waals surface area contributed by atoms with Gasteiger partial charge >= 0.3 is 0 Å². The van der Waals surface area contributed by atoms with Crippen molar-refractivity contribution in [3.63, 3.8) is 0 Å². The molecule has 0 saturated heterocycles. The van der Waals surface area contributed by atoms with E-state index in [4.69, 9.17) is 11.6 Å². The smallest absolute Gasteiger partial charge is 0.282 e. The van der Waals surface area contributed by atoms with Crippen molar-refractivity contribution < 1.29 is 17.9 Å². The Morgan fingerprint density at radius 2 is 1.80 bits per heavy atom. The summed E-state index contributed by atoms with van der Waals surface area (Å²) >= 11 is 5.69. The number of hydrogen-bond donors (Lipinski definition) is 1. The van der Waals surface area contributed by atoms with Crippen LogP contribution in [0, 0.1) is 10.1 Å². The van der Waals surface area contributed by atoms with Gasteiger partial charge in [0, 0.05) is 23.9 Å². The second kappa shape index (κ2) is 5.16. The van der Waals surface area contributed by atoms with Crippen LogP contribution >= 0.6 is 11.6 Å². The Labute approximate surface area is 118 Å². The van der Waals surface area contributed by atoms with Gasteiger partial charge in [-0.3, -0.25) is 14.7 Å². The summed E-state index contributed by atoms with van der Waals surface area (Å²) in [6, 6.07) is 6.50. The van der Waals surface area contributed by atoms with Gasteiger partial charge in [0.05, 0.1) is 4.92 Å². The minimum atomic E-state index is -4.57. The Morgan fingerprint density at radius 1 is 1.20 bits per heavy atom. The maximum Gasteiger partial charge on any atom is 0.298 e. The van der Waals surface area contributed by atoms with Crippen LogP contribution in [0.15, 0.2) is 41.4 Å². The van der Waals surface area contributed by atoms with Crippen LogP contribution in [0.4, 0.5) is 5.69 Å². The Bertz CT molecular complexity index is 774. The minimum absolute atomic E-state index is 0.113. The number of hydrogen-bond acceptors (Lipinski definition) is 5. The van der Waals surface area contributed by atoms with Gasteiger partial charge in [0.2, 0.25) is 0 Å². The molecule has 0 amide bonds. The number of nitrogens with zero attached hydrogens (tertiary/aromatic N) is 2. The molecule has 0 spiro atoms. The normalized spacial score (nSPS) is 11.3. The molecule has 1 aromatic carbocycles. The summed E-state index contributed by atoms with van der Waals surface area (Å²) in [5.74, 6) is 0. The fourth-order valence-electron chi connectivity index (χ4n) is 1.66. The monoisotopic (exact) mass is 314 g/mol. The lowest BCUT2D eigenvalue weighted by molar-refractivity contribution is -0.384. The van der Waals surface area contributed by atoms with Gasteiger partial charge in [-0.1, -0.05) is 11.6 Å². The van der Waals surface area contributed by atoms with Crippen LogP contribution in [0.5, 0.6) is 0 Å². The summed E-state index contributed by atoms with van der Waals surface area (Å²) in [6.45, 7) is 0. The van der Waals surface area contributed by atoms with Crippen molar-refractivity contribution in [2.24, 2.45) is 0 Å². The standard InChI is InChI=1S/C11H7ClN2O5S/c12-11-10(20(17,18)19)9(5-6-13-11)7-1-3-8(4-2-7)14(15)16/h1-6H,(H,17,18,19). The Hall–Kier alpha value is -2.03. The molecule has 7 nitrogen and oxygen atoms in total. The summed E-state index contributed by atoms with van der Waals surface area (Å²) in [5.41, 5.74) is 0.331. The highest BCUT2D eigenvalue weighted by Crippen LogP contribution is 2.32. The van der Waals surface area contributed by atoms with E-state index in [-0.39, 0.29) is 16.4 Å². The van der Waals surface area contributed by atoms with Gasteiger partial charge in [-0.15, -0.1) is 0 Å². The van der Waals surface area contributed by atoms with E-state index in [0.717, 1.165) is 0 Å². The van der Waals surface area contributed by atoms with Gasteiger partial charge in [0.15, 0.2) is 5.15 Å². The number of halogens is 1. The van der Waals surface area contributed by atoms with Gasteiger partial charge in [-0.2, -0.15) is 8.42 Å². The third-order valence-electron chi connectivity index (χ3n) is 2.51. The maximum atomic E-state index is 11.3. The summed E-state index contributed by atoms with van der Waals surface area (Å²) < 4.78 is 31.9. The molecule has 9 heteroatoms. The molecule has 0 fully saturated rings. The Morgan fingerprint density at radius 3 is 2.30 bits per heavy atom. The summed E-state index contributed by atoms with van der Waals surface area (Å²) in [4.78, 5) is 13.1. The molecular formula is C11H7ClN2O5S. The molecule has 0 atom stereocenters. The van der Waals surface area contributed by atoms with Crippen molar-refractivity contribution in [1.82, 2.24) is 4.98 Å². The summed E-state index contributed by atoms with van der Waals surface area (Å²) in [5, 5.41) is 10.2. The number of benzene rings is 1. The molecule has 0 aliphatic heterocycles. The Kier molecular flexibility index (Phi) is 3.71. The first-order chi connectivity index (χ1) is 9.30. The Balaban J connectivity index is 2.64. The van der Waals surface area contributed by atoms with E-state index in [1.165, 1.54) is 36.5 Å². The molecule has 20 heavy (non-hydrogen) atoms.